The molecule has 0 atom stereocenters. The highest BCUT2D eigenvalue weighted by Crippen LogP contribution is 2.32. The van der Waals surface area contributed by atoms with Gasteiger partial charge in [-0.05, 0) is 23.6 Å². The lowest BCUT2D eigenvalue weighted by Crippen LogP contribution is -2.13. The van der Waals surface area contributed by atoms with E-state index in [1.54, 1.807) is 0 Å². The monoisotopic (exact) mass is 264 g/mol. The van der Waals surface area contributed by atoms with Crippen molar-refractivity contribution in [3.05, 3.63) is 23.4 Å². The van der Waals surface area contributed by atoms with Gasteiger partial charge in [0.1, 0.15) is 5.69 Å². The molecule has 96 valence electrons. The van der Waals surface area contributed by atoms with E-state index < -0.39 is 11.1 Å². The number of pyridine rings is 1. The van der Waals surface area contributed by atoms with Crippen LogP contribution in [0.1, 0.15) is 25.1 Å². The molecule has 6 heteroatoms. The molecule has 1 heterocycles. The summed E-state index contributed by atoms with van der Waals surface area (Å²) >= 11 is 4.91. The highest BCUT2D eigenvalue weighted by Gasteiger charge is 2.30. The molecule has 0 aromatic carbocycles. The first-order valence-electron chi connectivity index (χ1n) is 5.24. The molecule has 0 amide bonds. The van der Waals surface area contributed by atoms with Gasteiger partial charge >= 0.3 is 5.38 Å². The molecule has 0 fully saturated rings. The van der Waals surface area contributed by atoms with Crippen molar-refractivity contribution in [2.75, 3.05) is 6.61 Å². The van der Waals surface area contributed by atoms with Crippen LogP contribution in [0.3, 0.4) is 0 Å². The summed E-state index contributed by atoms with van der Waals surface area (Å²) < 4.78 is 31.1. The molecule has 0 spiro atoms. The molecular weight excluding hydrogens is 250 g/mol. The number of nitrogens with two attached hydrogens (primary N) is 1. The van der Waals surface area contributed by atoms with Gasteiger partial charge < -0.3 is 10.5 Å². The van der Waals surface area contributed by atoms with E-state index in [1.807, 2.05) is 13.8 Å². The van der Waals surface area contributed by atoms with E-state index in [0.717, 1.165) is 6.07 Å². The van der Waals surface area contributed by atoms with Crippen LogP contribution in [0.5, 0.6) is 5.88 Å². The third-order valence-corrected chi connectivity index (χ3v) is 2.20. The van der Waals surface area contributed by atoms with Crippen LogP contribution in [0.2, 0.25) is 0 Å². The van der Waals surface area contributed by atoms with E-state index in [2.05, 4.69) is 4.98 Å². The summed E-state index contributed by atoms with van der Waals surface area (Å²) in [6.07, 6.45) is 0. The van der Waals surface area contributed by atoms with Gasteiger partial charge in [-0.3, -0.25) is 0 Å². The van der Waals surface area contributed by atoms with Crippen LogP contribution in [0.4, 0.5) is 8.78 Å². The number of hydrogen-bond donors (Lipinski definition) is 1. The lowest BCUT2D eigenvalue weighted by molar-refractivity contribution is 0.0886. The summed E-state index contributed by atoms with van der Waals surface area (Å²) in [5.41, 5.74) is 5.52. The van der Waals surface area contributed by atoms with Crippen molar-refractivity contribution in [3.63, 3.8) is 0 Å². The Balaban J connectivity index is 2.98. The molecule has 0 saturated carbocycles. The van der Waals surface area contributed by atoms with E-state index in [0.29, 0.717) is 12.2 Å². The molecule has 3 nitrogen and oxygen atoms in total. The molecule has 0 radical (unpaired) electrons. The zero-order valence-electron chi connectivity index (χ0n) is 9.71. The predicted octanol–water partition coefficient (Wildman–Crippen LogP) is 2.86. The zero-order chi connectivity index (χ0) is 13.1. The van der Waals surface area contributed by atoms with E-state index in [1.165, 1.54) is 6.07 Å². The lowest BCUT2D eigenvalue weighted by Gasteiger charge is -2.14. The van der Waals surface area contributed by atoms with Crippen molar-refractivity contribution < 1.29 is 13.5 Å². The Morgan fingerprint density at radius 1 is 1.47 bits per heavy atom. The fourth-order valence-electron chi connectivity index (χ4n) is 1.15. The zero-order valence-corrected chi connectivity index (χ0v) is 10.5. The van der Waals surface area contributed by atoms with Crippen LogP contribution in [-0.2, 0) is 11.9 Å². The highest BCUT2D eigenvalue weighted by molar-refractivity contribution is 6.21. The molecular formula is C11H15ClF2N2O. The minimum absolute atomic E-state index is 0.124. The third kappa shape index (κ3) is 4.09. The predicted molar refractivity (Wildman–Crippen MR) is 62.2 cm³/mol. The van der Waals surface area contributed by atoms with Crippen LogP contribution in [0, 0.1) is 5.92 Å². The maximum Gasteiger partial charge on any atom is 0.364 e. The average molecular weight is 265 g/mol. The number of aromatic nitrogens is 1. The summed E-state index contributed by atoms with van der Waals surface area (Å²) in [7, 11) is 0. The fraction of sp³-hybridized carbons (Fsp3) is 0.545. The van der Waals surface area contributed by atoms with Gasteiger partial charge in [0.25, 0.3) is 0 Å². The second kappa shape index (κ2) is 5.60. The fourth-order valence-corrected chi connectivity index (χ4v) is 1.26. The number of alkyl halides is 3. The summed E-state index contributed by atoms with van der Waals surface area (Å²) in [4.78, 5) is 3.70. The van der Waals surface area contributed by atoms with Crippen LogP contribution >= 0.6 is 11.6 Å². The van der Waals surface area contributed by atoms with Gasteiger partial charge in [0, 0.05) is 12.1 Å². The minimum atomic E-state index is -3.50. The van der Waals surface area contributed by atoms with Crippen molar-refractivity contribution in [1.29, 1.82) is 0 Å². The first kappa shape index (κ1) is 14.1. The van der Waals surface area contributed by atoms with Gasteiger partial charge in [-0.25, -0.2) is 4.98 Å². The second-order valence-electron chi connectivity index (χ2n) is 4.07. The van der Waals surface area contributed by atoms with E-state index in [4.69, 9.17) is 22.1 Å². The number of ether oxygens (including phenoxy) is 1. The van der Waals surface area contributed by atoms with Gasteiger partial charge in [-0.15, -0.1) is 0 Å². The largest absolute Gasteiger partial charge is 0.477 e. The molecule has 0 saturated heterocycles. The second-order valence-corrected chi connectivity index (χ2v) is 4.54. The topological polar surface area (TPSA) is 48.1 Å². The minimum Gasteiger partial charge on any atom is -0.477 e. The molecule has 17 heavy (non-hydrogen) atoms. The van der Waals surface area contributed by atoms with Gasteiger partial charge in [0.15, 0.2) is 0 Å². The van der Waals surface area contributed by atoms with Crippen molar-refractivity contribution in [1.82, 2.24) is 4.98 Å². The van der Waals surface area contributed by atoms with Gasteiger partial charge in [0.2, 0.25) is 5.88 Å². The molecule has 0 aliphatic rings. The Bertz CT molecular complexity index is 380. The smallest absolute Gasteiger partial charge is 0.364 e. The molecule has 1 rings (SSSR count). The number of rotatable bonds is 5. The SMILES string of the molecule is CC(C)COc1nc(C(F)(F)Cl)ccc1CN. The Labute approximate surface area is 104 Å². The molecule has 0 aliphatic heterocycles. The maximum absolute atomic E-state index is 12.9. The summed E-state index contributed by atoms with van der Waals surface area (Å²) in [5, 5.41) is -3.50. The van der Waals surface area contributed by atoms with Crippen LogP contribution in [0.15, 0.2) is 12.1 Å². The first-order valence-corrected chi connectivity index (χ1v) is 5.62. The Kier molecular flexibility index (Phi) is 4.65. The Morgan fingerprint density at radius 2 is 2.12 bits per heavy atom. The van der Waals surface area contributed by atoms with Crippen LogP contribution in [0.25, 0.3) is 0 Å². The Morgan fingerprint density at radius 3 is 2.59 bits per heavy atom. The number of nitrogens with zero attached hydrogens (tertiary/aromatic N) is 1. The summed E-state index contributed by atoms with van der Waals surface area (Å²) in [5.74, 6) is 0.390. The molecule has 1 aromatic heterocycles. The first-order chi connectivity index (χ1) is 7.84. The molecule has 1 aromatic rings. The molecule has 0 bridgehead atoms. The van der Waals surface area contributed by atoms with E-state index >= 15 is 0 Å². The van der Waals surface area contributed by atoms with E-state index in [9.17, 15) is 8.78 Å². The van der Waals surface area contributed by atoms with Crippen molar-refractivity contribution in [3.8, 4) is 5.88 Å². The third-order valence-electron chi connectivity index (χ3n) is 2.00. The maximum atomic E-state index is 12.9. The quantitative estimate of drug-likeness (QED) is 0.832. The average Bonchev–Trinajstić information content (AvgIpc) is 2.24. The number of halogens is 3. The van der Waals surface area contributed by atoms with Crippen LogP contribution in [-0.4, -0.2) is 11.6 Å². The molecule has 0 aliphatic carbocycles. The standard InChI is InChI=1S/C11H15ClF2N2O/c1-7(2)6-17-10-8(5-15)3-4-9(16-10)11(12,13)14/h3-4,7H,5-6,15H2,1-2H3. The Hall–Kier alpha value is -0.940. The highest BCUT2D eigenvalue weighted by atomic mass is 35.5. The summed E-state index contributed by atoms with van der Waals surface area (Å²) in [6.45, 7) is 4.45. The molecule has 2 N–H and O–H groups in total. The normalized spacial score (nSPS) is 11.9. The van der Waals surface area contributed by atoms with E-state index in [-0.39, 0.29) is 18.3 Å². The van der Waals surface area contributed by atoms with Crippen molar-refractivity contribution in [2.45, 2.75) is 25.8 Å². The van der Waals surface area contributed by atoms with Gasteiger partial charge in [-0.2, -0.15) is 8.78 Å². The number of hydrogen-bond acceptors (Lipinski definition) is 3. The molecule has 0 unspecified atom stereocenters. The van der Waals surface area contributed by atoms with Gasteiger partial charge in [-0.1, -0.05) is 19.9 Å². The van der Waals surface area contributed by atoms with Crippen LogP contribution < -0.4 is 10.5 Å². The lowest BCUT2D eigenvalue weighted by atomic mass is 10.2. The van der Waals surface area contributed by atoms with Crippen molar-refractivity contribution in [2.24, 2.45) is 11.7 Å². The van der Waals surface area contributed by atoms with Gasteiger partial charge in [0.05, 0.1) is 6.61 Å². The summed E-state index contributed by atoms with van der Waals surface area (Å²) in [6, 6.07) is 2.60. The van der Waals surface area contributed by atoms with Crippen molar-refractivity contribution >= 4 is 11.6 Å².